The molecule has 5 rings (SSSR count). The number of ether oxygens (including phenoxy) is 3. The number of hydrogen-bond donors (Lipinski definition) is 0. The van der Waals surface area contributed by atoms with E-state index in [-0.39, 0.29) is 6.10 Å². The normalized spacial score (nSPS) is 14.1. The lowest BCUT2D eigenvalue weighted by Crippen LogP contribution is -2.37. The summed E-state index contributed by atoms with van der Waals surface area (Å²) in [6.45, 7) is 3.54. The van der Waals surface area contributed by atoms with Crippen LogP contribution in [0.15, 0.2) is 90.2 Å². The molecule has 3 aromatic carbocycles. The molecule has 1 aromatic heterocycles. The van der Waals surface area contributed by atoms with Crippen LogP contribution < -0.4 is 18.5 Å². The maximum Gasteiger partial charge on any atom is 0.142 e. The highest BCUT2D eigenvalue weighted by atomic mass is 35.5. The minimum absolute atomic E-state index is 0.156. The van der Waals surface area contributed by atoms with Crippen molar-refractivity contribution < 1.29 is 14.2 Å². The van der Waals surface area contributed by atoms with Crippen LogP contribution in [0.1, 0.15) is 24.0 Å². The second-order valence-corrected chi connectivity index (χ2v) is 11.0. The van der Waals surface area contributed by atoms with Crippen LogP contribution >= 0.6 is 23.5 Å². The molecule has 1 saturated heterocycles. The number of nitrogens with zero attached hydrogens (tertiary/aromatic N) is 4. The second-order valence-electron chi connectivity index (χ2n) is 9.54. The van der Waals surface area contributed by atoms with Gasteiger partial charge < -0.3 is 14.2 Å². The highest BCUT2D eigenvalue weighted by Gasteiger charge is 2.22. The van der Waals surface area contributed by atoms with Crippen molar-refractivity contribution in [2.24, 2.45) is 0 Å². The predicted molar refractivity (Wildman–Crippen MR) is 160 cm³/mol. The highest BCUT2D eigenvalue weighted by Crippen LogP contribution is 2.36. The summed E-state index contributed by atoms with van der Waals surface area (Å²) >= 11 is 8.27. The second kappa shape index (κ2) is 13.7. The van der Waals surface area contributed by atoms with Gasteiger partial charge in [0.1, 0.15) is 35.5 Å². The van der Waals surface area contributed by atoms with E-state index in [1.165, 1.54) is 5.56 Å². The largest absolute Gasteiger partial charge is 0.497 e. The molecule has 0 amide bonds. The molecule has 7 nitrogen and oxygen atoms in total. The van der Waals surface area contributed by atoms with Gasteiger partial charge in [-0.25, -0.2) is 9.97 Å². The van der Waals surface area contributed by atoms with Gasteiger partial charge in [-0.15, -0.1) is 0 Å². The lowest BCUT2D eigenvalue weighted by atomic mass is 10.1. The van der Waals surface area contributed by atoms with E-state index in [1.54, 1.807) is 38.7 Å². The highest BCUT2D eigenvalue weighted by molar-refractivity contribution is 8.00. The molecule has 9 heteroatoms. The molecule has 0 saturated carbocycles. The molecule has 4 aromatic rings. The van der Waals surface area contributed by atoms with Crippen LogP contribution in [-0.4, -0.2) is 48.3 Å². The first-order valence-electron chi connectivity index (χ1n) is 13.3. The smallest absolute Gasteiger partial charge is 0.142 e. The van der Waals surface area contributed by atoms with Crippen LogP contribution in [0.3, 0.4) is 0 Å². The van der Waals surface area contributed by atoms with Crippen LogP contribution in [-0.2, 0) is 13.1 Å². The molecule has 1 fully saturated rings. The molecule has 0 bridgehead atoms. The lowest BCUT2D eigenvalue weighted by molar-refractivity contribution is 0.0968. The zero-order valence-corrected chi connectivity index (χ0v) is 24.3. The number of halogens is 1. The minimum atomic E-state index is 0.156. The molecule has 0 spiro atoms. The lowest BCUT2D eigenvalue weighted by Gasteiger charge is -2.32. The van der Waals surface area contributed by atoms with Gasteiger partial charge in [0.15, 0.2) is 0 Å². The van der Waals surface area contributed by atoms with Crippen molar-refractivity contribution in [3.05, 3.63) is 101 Å². The van der Waals surface area contributed by atoms with Gasteiger partial charge >= 0.3 is 0 Å². The van der Waals surface area contributed by atoms with Gasteiger partial charge in [-0.05, 0) is 66.8 Å². The molecule has 208 valence electrons. The molecule has 40 heavy (non-hydrogen) atoms. The van der Waals surface area contributed by atoms with Crippen molar-refractivity contribution in [2.75, 3.05) is 31.6 Å². The van der Waals surface area contributed by atoms with Gasteiger partial charge in [0, 0.05) is 42.4 Å². The summed E-state index contributed by atoms with van der Waals surface area (Å²) in [6.07, 6.45) is 5.39. The summed E-state index contributed by atoms with van der Waals surface area (Å²) in [5, 5.41) is 0.599. The maximum atomic E-state index is 6.73. The van der Waals surface area contributed by atoms with E-state index < -0.39 is 0 Å². The molecule has 1 aliphatic heterocycles. The van der Waals surface area contributed by atoms with Crippen molar-refractivity contribution >= 4 is 29.4 Å². The molecular weight excluding hydrogens is 544 g/mol. The Bertz CT molecular complexity index is 1370. The van der Waals surface area contributed by atoms with Crippen molar-refractivity contribution in [3.63, 3.8) is 0 Å². The Hall–Kier alpha value is -3.46. The van der Waals surface area contributed by atoms with E-state index in [0.717, 1.165) is 66.0 Å². The fourth-order valence-corrected chi connectivity index (χ4v) is 5.94. The Labute approximate surface area is 245 Å². The van der Waals surface area contributed by atoms with Crippen molar-refractivity contribution in [1.82, 2.24) is 14.9 Å². The first-order valence-corrected chi connectivity index (χ1v) is 14.4. The van der Waals surface area contributed by atoms with E-state index >= 15 is 0 Å². The number of likely N-dealkylation sites (tertiary alicyclic amines) is 1. The zero-order chi connectivity index (χ0) is 27.7. The van der Waals surface area contributed by atoms with E-state index in [0.29, 0.717) is 11.6 Å². The van der Waals surface area contributed by atoms with Crippen molar-refractivity contribution in [2.45, 2.75) is 36.9 Å². The molecule has 0 aliphatic carbocycles. The Morgan fingerprint density at radius 2 is 1.77 bits per heavy atom. The zero-order valence-electron chi connectivity index (χ0n) is 22.7. The van der Waals surface area contributed by atoms with Crippen LogP contribution in [0, 0.1) is 0 Å². The third-order valence-corrected chi connectivity index (χ3v) is 8.12. The fraction of sp³-hybridized carbons (Fsp3) is 0.290. The summed E-state index contributed by atoms with van der Waals surface area (Å²) in [6, 6.07) is 24.3. The third kappa shape index (κ3) is 7.38. The molecule has 0 atom stereocenters. The van der Waals surface area contributed by atoms with E-state index in [1.807, 2.05) is 42.5 Å². The number of piperidine rings is 1. The van der Waals surface area contributed by atoms with Gasteiger partial charge in [0.25, 0.3) is 0 Å². The van der Waals surface area contributed by atoms with Gasteiger partial charge in [-0.1, -0.05) is 41.9 Å². The summed E-state index contributed by atoms with van der Waals surface area (Å²) in [5.41, 5.74) is 2.35. The number of methoxy groups -OCH3 is 2. The molecule has 0 N–H and O–H groups in total. The number of hydrogen-bond acceptors (Lipinski definition) is 8. The van der Waals surface area contributed by atoms with Crippen LogP contribution in [0.25, 0.3) is 0 Å². The van der Waals surface area contributed by atoms with Crippen molar-refractivity contribution in [1.29, 1.82) is 0 Å². The first-order chi connectivity index (χ1) is 19.6. The average molecular weight is 577 g/mol. The molecule has 1 aliphatic rings. The number of aromatic nitrogens is 2. The fourth-order valence-electron chi connectivity index (χ4n) is 4.70. The Kier molecular flexibility index (Phi) is 9.65. The van der Waals surface area contributed by atoms with Crippen LogP contribution in [0.2, 0.25) is 5.02 Å². The Morgan fingerprint density at radius 1 is 0.950 bits per heavy atom. The SMILES string of the molecule is COc1ccc(CN(Sc2ccc(OC3CCN(Cc4ccccc4)CC3)c(Cl)c2)c2ccncn2)c(OC)c1. The number of benzene rings is 3. The van der Waals surface area contributed by atoms with E-state index in [4.69, 9.17) is 25.8 Å². The van der Waals surface area contributed by atoms with Crippen LogP contribution in [0.5, 0.6) is 17.2 Å². The molecule has 0 radical (unpaired) electrons. The maximum absolute atomic E-state index is 6.73. The van der Waals surface area contributed by atoms with Crippen LogP contribution in [0.4, 0.5) is 5.82 Å². The molecular formula is C31H33ClN4O3S. The first kappa shape index (κ1) is 28.1. The summed E-state index contributed by atoms with van der Waals surface area (Å²) in [5.74, 6) is 2.98. The summed E-state index contributed by atoms with van der Waals surface area (Å²) in [7, 11) is 3.30. The van der Waals surface area contributed by atoms with Gasteiger partial charge in [-0.2, -0.15) is 0 Å². The van der Waals surface area contributed by atoms with E-state index in [9.17, 15) is 0 Å². The molecule has 0 unspecified atom stereocenters. The monoisotopic (exact) mass is 576 g/mol. The number of rotatable bonds is 11. The quantitative estimate of drug-likeness (QED) is 0.179. The topological polar surface area (TPSA) is 60.0 Å². The average Bonchev–Trinajstić information content (AvgIpc) is 3.00. The third-order valence-electron chi connectivity index (χ3n) is 6.83. The standard InChI is InChI=1S/C31H33ClN4O3S/c1-37-26-9-8-24(30(18-26)38-2)21-36(31-12-15-33-22-34-31)40-27-10-11-29(28(32)19-27)39-25-13-16-35(17-14-25)20-23-6-4-3-5-7-23/h3-12,15,18-19,22,25H,13-14,16-17,20-21H2,1-2H3. The Balaban J connectivity index is 1.23. The summed E-state index contributed by atoms with van der Waals surface area (Å²) in [4.78, 5) is 12.0. The summed E-state index contributed by atoms with van der Waals surface area (Å²) < 4.78 is 19.4. The van der Waals surface area contributed by atoms with Gasteiger partial charge in [-0.3, -0.25) is 9.21 Å². The predicted octanol–water partition coefficient (Wildman–Crippen LogP) is 6.90. The molecule has 2 heterocycles. The van der Waals surface area contributed by atoms with E-state index in [2.05, 4.69) is 49.5 Å². The van der Waals surface area contributed by atoms with Crippen molar-refractivity contribution in [3.8, 4) is 17.2 Å². The number of anilines is 1. The minimum Gasteiger partial charge on any atom is -0.497 e. The Morgan fingerprint density at radius 3 is 2.48 bits per heavy atom. The van der Waals surface area contributed by atoms with Gasteiger partial charge in [0.05, 0.1) is 25.8 Å². The van der Waals surface area contributed by atoms with Gasteiger partial charge in [0.2, 0.25) is 0 Å².